The summed E-state index contributed by atoms with van der Waals surface area (Å²) in [6.07, 6.45) is 5.62. The summed E-state index contributed by atoms with van der Waals surface area (Å²) in [5, 5.41) is 6.53. The highest BCUT2D eigenvalue weighted by Crippen LogP contribution is 1.99. The van der Waals surface area contributed by atoms with Gasteiger partial charge in [0.15, 0.2) is 5.96 Å². The Morgan fingerprint density at radius 2 is 1.77 bits per heavy atom. The molecule has 132 valence electrons. The lowest BCUT2D eigenvalue weighted by molar-refractivity contribution is 0.464. The summed E-state index contributed by atoms with van der Waals surface area (Å²) < 4.78 is 24.7. The van der Waals surface area contributed by atoms with Crippen LogP contribution in [0.1, 0.15) is 52.9 Å². The van der Waals surface area contributed by atoms with Gasteiger partial charge in [-0.15, -0.1) is 0 Å². The van der Waals surface area contributed by atoms with E-state index < -0.39 is 10.0 Å². The van der Waals surface area contributed by atoms with Crippen LogP contribution in [0.25, 0.3) is 0 Å². The average molecular weight is 335 g/mol. The first kappa shape index (κ1) is 21.2. The maximum absolute atomic E-state index is 11.6. The standard InChI is InChI=1S/C15H34N4O2S/c1-5-8-9-10-12-17-15(16-6-2)18-13-11-14-19(4)22(20,21)7-3/h5-14H2,1-4H3,(H2,16,17,18). The van der Waals surface area contributed by atoms with Crippen LogP contribution in [-0.4, -0.2) is 57.7 Å². The van der Waals surface area contributed by atoms with E-state index in [0.29, 0.717) is 13.1 Å². The first-order chi connectivity index (χ1) is 10.5. The van der Waals surface area contributed by atoms with Crippen LogP contribution in [0.3, 0.4) is 0 Å². The number of hydrogen-bond donors (Lipinski definition) is 2. The zero-order valence-corrected chi connectivity index (χ0v) is 15.5. The number of sulfonamides is 1. The molecule has 0 atom stereocenters. The second-order valence-corrected chi connectivity index (χ2v) is 7.69. The molecule has 0 aliphatic heterocycles. The van der Waals surface area contributed by atoms with Crippen molar-refractivity contribution in [1.29, 1.82) is 0 Å². The lowest BCUT2D eigenvalue weighted by Crippen LogP contribution is -2.38. The van der Waals surface area contributed by atoms with Gasteiger partial charge in [-0.05, 0) is 26.7 Å². The van der Waals surface area contributed by atoms with E-state index in [1.54, 1.807) is 14.0 Å². The van der Waals surface area contributed by atoms with Crippen molar-refractivity contribution in [2.45, 2.75) is 52.9 Å². The largest absolute Gasteiger partial charge is 0.357 e. The fourth-order valence-corrected chi connectivity index (χ4v) is 2.79. The lowest BCUT2D eigenvalue weighted by atomic mass is 10.2. The van der Waals surface area contributed by atoms with Gasteiger partial charge < -0.3 is 10.6 Å². The van der Waals surface area contributed by atoms with E-state index in [0.717, 1.165) is 31.9 Å². The Labute approximate surface area is 136 Å². The molecule has 6 nitrogen and oxygen atoms in total. The summed E-state index contributed by atoms with van der Waals surface area (Å²) in [6.45, 7) is 8.78. The molecule has 0 rings (SSSR count). The summed E-state index contributed by atoms with van der Waals surface area (Å²) >= 11 is 0. The zero-order chi connectivity index (χ0) is 16.8. The second kappa shape index (κ2) is 12.7. The Kier molecular flexibility index (Phi) is 12.2. The van der Waals surface area contributed by atoms with Crippen LogP contribution in [0, 0.1) is 0 Å². The molecule has 0 aliphatic rings. The highest BCUT2D eigenvalue weighted by molar-refractivity contribution is 7.89. The number of hydrogen-bond acceptors (Lipinski definition) is 3. The molecule has 0 aliphatic carbocycles. The predicted octanol–water partition coefficient (Wildman–Crippen LogP) is 1.79. The van der Waals surface area contributed by atoms with Gasteiger partial charge >= 0.3 is 0 Å². The van der Waals surface area contributed by atoms with Crippen LogP contribution in [0.2, 0.25) is 0 Å². The third-order valence-corrected chi connectivity index (χ3v) is 5.27. The van der Waals surface area contributed by atoms with Gasteiger partial charge in [-0.3, -0.25) is 4.99 Å². The molecule has 0 unspecified atom stereocenters. The maximum Gasteiger partial charge on any atom is 0.213 e. The summed E-state index contributed by atoms with van der Waals surface area (Å²) in [5.41, 5.74) is 0. The molecule has 0 heterocycles. The molecular formula is C15H34N4O2S. The van der Waals surface area contributed by atoms with Gasteiger partial charge in [-0.1, -0.05) is 26.2 Å². The van der Waals surface area contributed by atoms with Crippen molar-refractivity contribution >= 4 is 16.0 Å². The van der Waals surface area contributed by atoms with Gasteiger partial charge in [0.05, 0.1) is 5.75 Å². The molecule has 0 bridgehead atoms. The zero-order valence-electron chi connectivity index (χ0n) is 14.7. The van der Waals surface area contributed by atoms with E-state index in [1.807, 2.05) is 6.92 Å². The van der Waals surface area contributed by atoms with Gasteiger partial charge in [0.2, 0.25) is 10.0 Å². The van der Waals surface area contributed by atoms with Gasteiger partial charge in [-0.2, -0.15) is 0 Å². The van der Waals surface area contributed by atoms with Crippen molar-refractivity contribution < 1.29 is 8.42 Å². The van der Waals surface area contributed by atoms with Crippen molar-refractivity contribution in [3.8, 4) is 0 Å². The van der Waals surface area contributed by atoms with Gasteiger partial charge in [-0.25, -0.2) is 12.7 Å². The minimum absolute atomic E-state index is 0.148. The molecule has 0 aromatic carbocycles. The molecule has 0 amide bonds. The number of aliphatic imine (C=N–C) groups is 1. The van der Waals surface area contributed by atoms with E-state index in [9.17, 15) is 8.42 Å². The van der Waals surface area contributed by atoms with Gasteiger partial charge in [0.25, 0.3) is 0 Å². The Balaban J connectivity index is 4.06. The van der Waals surface area contributed by atoms with Crippen LogP contribution < -0.4 is 10.6 Å². The van der Waals surface area contributed by atoms with Crippen molar-refractivity contribution in [2.75, 3.05) is 39.0 Å². The van der Waals surface area contributed by atoms with Crippen LogP contribution in [0.15, 0.2) is 4.99 Å². The second-order valence-electron chi connectivity index (χ2n) is 5.32. The smallest absolute Gasteiger partial charge is 0.213 e. The maximum atomic E-state index is 11.6. The van der Waals surface area contributed by atoms with E-state index in [1.165, 1.54) is 23.6 Å². The van der Waals surface area contributed by atoms with Crippen molar-refractivity contribution in [1.82, 2.24) is 14.9 Å². The average Bonchev–Trinajstić information content (AvgIpc) is 2.50. The summed E-state index contributed by atoms with van der Waals surface area (Å²) in [6, 6.07) is 0. The summed E-state index contributed by atoms with van der Waals surface area (Å²) in [4.78, 5) is 4.48. The molecule has 0 spiro atoms. The number of guanidine groups is 1. The lowest BCUT2D eigenvalue weighted by Gasteiger charge is -2.15. The molecule has 0 radical (unpaired) electrons. The third-order valence-electron chi connectivity index (χ3n) is 3.41. The highest BCUT2D eigenvalue weighted by atomic mass is 32.2. The molecule has 0 fully saturated rings. The monoisotopic (exact) mass is 334 g/mol. The highest BCUT2D eigenvalue weighted by Gasteiger charge is 2.13. The van der Waals surface area contributed by atoms with E-state index in [2.05, 4.69) is 22.5 Å². The van der Waals surface area contributed by atoms with Crippen LogP contribution >= 0.6 is 0 Å². The van der Waals surface area contributed by atoms with Crippen LogP contribution in [-0.2, 0) is 10.0 Å². The van der Waals surface area contributed by atoms with Crippen molar-refractivity contribution in [2.24, 2.45) is 4.99 Å². The molecule has 0 saturated carbocycles. The molecule has 22 heavy (non-hydrogen) atoms. The minimum atomic E-state index is -3.08. The molecule has 0 aromatic heterocycles. The van der Waals surface area contributed by atoms with E-state index in [-0.39, 0.29) is 5.75 Å². The topological polar surface area (TPSA) is 73.8 Å². The van der Waals surface area contributed by atoms with Crippen molar-refractivity contribution in [3.63, 3.8) is 0 Å². The number of rotatable bonds is 12. The first-order valence-electron chi connectivity index (χ1n) is 8.44. The Morgan fingerprint density at radius 1 is 1.05 bits per heavy atom. The van der Waals surface area contributed by atoms with Crippen LogP contribution in [0.4, 0.5) is 0 Å². The number of nitrogens with zero attached hydrogens (tertiary/aromatic N) is 2. The molecular weight excluding hydrogens is 300 g/mol. The number of unbranched alkanes of at least 4 members (excludes halogenated alkanes) is 3. The summed E-state index contributed by atoms with van der Waals surface area (Å²) in [5.74, 6) is 0.967. The van der Waals surface area contributed by atoms with E-state index >= 15 is 0 Å². The Bertz CT molecular complexity index is 396. The van der Waals surface area contributed by atoms with Gasteiger partial charge in [0.1, 0.15) is 0 Å². The van der Waals surface area contributed by atoms with Gasteiger partial charge in [0, 0.05) is 33.2 Å². The number of nitrogens with one attached hydrogen (secondary N) is 2. The molecule has 0 aromatic rings. The van der Waals surface area contributed by atoms with E-state index in [4.69, 9.17) is 0 Å². The molecule has 2 N–H and O–H groups in total. The van der Waals surface area contributed by atoms with Crippen LogP contribution in [0.5, 0.6) is 0 Å². The fraction of sp³-hybridized carbons (Fsp3) is 0.933. The quantitative estimate of drug-likeness (QED) is 0.324. The fourth-order valence-electron chi connectivity index (χ4n) is 1.94. The van der Waals surface area contributed by atoms with Crippen molar-refractivity contribution in [3.05, 3.63) is 0 Å². The minimum Gasteiger partial charge on any atom is -0.357 e. The Hall–Kier alpha value is -0.820. The summed E-state index contributed by atoms with van der Waals surface area (Å²) in [7, 11) is -1.45. The normalized spacial score (nSPS) is 12.7. The Morgan fingerprint density at radius 3 is 2.36 bits per heavy atom. The SMILES string of the molecule is CCCCCCNC(=NCCCN(C)S(=O)(=O)CC)NCC. The molecule has 7 heteroatoms. The first-order valence-corrected chi connectivity index (χ1v) is 10.0. The predicted molar refractivity (Wildman–Crippen MR) is 94.8 cm³/mol. The third kappa shape index (κ3) is 10.00. The molecule has 0 saturated heterocycles.